The minimum absolute atomic E-state index is 0.0621. The van der Waals surface area contributed by atoms with Gasteiger partial charge >= 0.3 is 0 Å². The van der Waals surface area contributed by atoms with Crippen molar-refractivity contribution in [3.05, 3.63) is 0 Å². The van der Waals surface area contributed by atoms with Crippen LogP contribution in [0.25, 0.3) is 0 Å². The molecule has 4 nitrogen and oxygen atoms in total. The molecular formula is C10H17N3O. The predicted molar refractivity (Wildman–Crippen MR) is 53.5 cm³/mol. The van der Waals surface area contributed by atoms with Crippen LogP contribution in [0.5, 0.6) is 0 Å². The summed E-state index contributed by atoms with van der Waals surface area (Å²) in [5.74, 6) is 0.0621. The van der Waals surface area contributed by atoms with Crippen LogP contribution in [0.2, 0.25) is 0 Å². The molecule has 1 amide bonds. The van der Waals surface area contributed by atoms with Crippen molar-refractivity contribution in [3.63, 3.8) is 0 Å². The lowest BCUT2D eigenvalue weighted by Gasteiger charge is -2.27. The van der Waals surface area contributed by atoms with E-state index in [0.717, 1.165) is 25.8 Å². The molecule has 1 aliphatic rings. The molecule has 0 saturated carbocycles. The summed E-state index contributed by atoms with van der Waals surface area (Å²) in [6.07, 6.45) is 2.94. The molecule has 2 unspecified atom stereocenters. The van der Waals surface area contributed by atoms with E-state index in [1.54, 1.807) is 0 Å². The number of likely N-dealkylation sites (N-methyl/N-ethyl adjacent to an activating group) is 1. The maximum absolute atomic E-state index is 11.6. The normalized spacial score (nSPS) is 25.0. The third-order valence-electron chi connectivity index (χ3n) is 2.80. The molecule has 1 aliphatic heterocycles. The molecule has 14 heavy (non-hydrogen) atoms. The van der Waals surface area contributed by atoms with Crippen LogP contribution in [-0.2, 0) is 4.79 Å². The van der Waals surface area contributed by atoms with Crippen molar-refractivity contribution in [3.8, 4) is 6.07 Å². The van der Waals surface area contributed by atoms with E-state index in [2.05, 4.69) is 11.4 Å². The van der Waals surface area contributed by atoms with Gasteiger partial charge in [0.25, 0.3) is 0 Å². The molecule has 1 saturated heterocycles. The zero-order valence-corrected chi connectivity index (χ0v) is 8.79. The molecule has 0 radical (unpaired) electrons. The number of rotatable bonds is 2. The van der Waals surface area contributed by atoms with Crippen molar-refractivity contribution in [2.24, 2.45) is 0 Å². The third kappa shape index (κ3) is 2.46. The van der Waals surface area contributed by atoms with Crippen LogP contribution in [-0.4, -0.2) is 36.5 Å². The van der Waals surface area contributed by atoms with Gasteiger partial charge in [0, 0.05) is 6.54 Å². The van der Waals surface area contributed by atoms with E-state index in [-0.39, 0.29) is 18.0 Å². The molecule has 0 spiro atoms. The second-order valence-corrected chi connectivity index (χ2v) is 3.77. The Morgan fingerprint density at radius 2 is 2.36 bits per heavy atom. The topological polar surface area (TPSA) is 56.1 Å². The van der Waals surface area contributed by atoms with Gasteiger partial charge in [0.2, 0.25) is 5.91 Å². The summed E-state index contributed by atoms with van der Waals surface area (Å²) in [5, 5.41) is 11.6. The summed E-state index contributed by atoms with van der Waals surface area (Å²) < 4.78 is 0. The summed E-state index contributed by atoms with van der Waals surface area (Å²) in [6, 6.07) is 1.81. The Morgan fingerprint density at radius 1 is 1.64 bits per heavy atom. The fourth-order valence-corrected chi connectivity index (χ4v) is 1.67. The standard InChI is InChI=1S/C10H17N3O/c1-8(7-11)13(2)9-5-3-4-6-12-10(9)14/h8-9H,3-6H2,1-2H3,(H,12,14). The lowest BCUT2D eigenvalue weighted by molar-refractivity contribution is -0.126. The van der Waals surface area contributed by atoms with E-state index in [0.29, 0.717) is 0 Å². The lowest BCUT2D eigenvalue weighted by atomic mass is 10.1. The maximum Gasteiger partial charge on any atom is 0.237 e. The molecule has 1 rings (SSSR count). The Balaban J connectivity index is 2.64. The first-order valence-corrected chi connectivity index (χ1v) is 5.06. The van der Waals surface area contributed by atoms with E-state index < -0.39 is 0 Å². The van der Waals surface area contributed by atoms with Gasteiger partial charge in [0.15, 0.2) is 0 Å². The smallest absolute Gasteiger partial charge is 0.237 e. The van der Waals surface area contributed by atoms with Crippen molar-refractivity contribution in [1.82, 2.24) is 10.2 Å². The molecule has 0 aromatic heterocycles. The molecule has 1 fully saturated rings. The van der Waals surface area contributed by atoms with Crippen LogP contribution in [0, 0.1) is 11.3 Å². The van der Waals surface area contributed by atoms with Gasteiger partial charge in [-0.2, -0.15) is 5.26 Å². The monoisotopic (exact) mass is 195 g/mol. The molecule has 0 aliphatic carbocycles. The molecule has 2 atom stereocenters. The zero-order chi connectivity index (χ0) is 10.6. The lowest BCUT2D eigenvalue weighted by Crippen LogP contribution is -2.47. The number of carbonyl (C=O) groups excluding carboxylic acids is 1. The van der Waals surface area contributed by atoms with Crippen LogP contribution in [0.15, 0.2) is 0 Å². The van der Waals surface area contributed by atoms with Gasteiger partial charge in [-0.15, -0.1) is 0 Å². The largest absolute Gasteiger partial charge is 0.355 e. The maximum atomic E-state index is 11.6. The molecule has 1 heterocycles. The van der Waals surface area contributed by atoms with Crippen molar-refractivity contribution in [1.29, 1.82) is 5.26 Å². The van der Waals surface area contributed by atoms with Gasteiger partial charge in [-0.1, -0.05) is 0 Å². The van der Waals surface area contributed by atoms with Gasteiger partial charge in [0.05, 0.1) is 18.2 Å². The van der Waals surface area contributed by atoms with E-state index in [1.807, 2.05) is 18.9 Å². The zero-order valence-electron chi connectivity index (χ0n) is 8.79. The summed E-state index contributed by atoms with van der Waals surface area (Å²) >= 11 is 0. The minimum Gasteiger partial charge on any atom is -0.355 e. The first kappa shape index (κ1) is 11.0. The molecule has 0 aromatic carbocycles. The molecule has 4 heteroatoms. The van der Waals surface area contributed by atoms with E-state index in [1.165, 1.54) is 0 Å². The van der Waals surface area contributed by atoms with Gasteiger partial charge < -0.3 is 5.32 Å². The fraction of sp³-hybridized carbons (Fsp3) is 0.800. The Labute approximate surface area is 84.9 Å². The summed E-state index contributed by atoms with van der Waals surface area (Å²) in [5.41, 5.74) is 0. The van der Waals surface area contributed by atoms with Gasteiger partial charge in [-0.3, -0.25) is 9.69 Å². The average Bonchev–Trinajstić information content (AvgIpc) is 2.40. The summed E-state index contributed by atoms with van der Waals surface area (Å²) in [4.78, 5) is 13.5. The highest BCUT2D eigenvalue weighted by molar-refractivity contribution is 5.81. The van der Waals surface area contributed by atoms with Crippen LogP contribution in [0.1, 0.15) is 26.2 Å². The van der Waals surface area contributed by atoms with Gasteiger partial charge in [-0.05, 0) is 33.2 Å². The molecular weight excluding hydrogens is 178 g/mol. The Bertz CT molecular complexity index is 246. The van der Waals surface area contributed by atoms with E-state index >= 15 is 0 Å². The predicted octanol–water partition coefficient (Wildman–Crippen LogP) is 0.499. The first-order chi connectivity index (χ1) is 6.66. The first-order valence-electron chi connectivity index (χ1n) is 5.06. The number of hydrogen-bond donors (Lipinski definition) is 1. The number of nitrogens with one attached hydrogen (secondary N) is 1. The average molecular weight is 195 g/mol. The van der Waals surface area contributed by atoms with Crippen LogP contribution >= 0.6 is 0 Å². The highest BCUT2D eigenvalue weighted by atomic mass is 16.2. The molecule has 1 N–H and O–H groups in total. The Morgan fingerprint density at radius 3 is 3.00 bits per heavy atom. The highest BCUT2D eigenvalue weighted by Crippen LogP contribution is 2.12. The number of nitriles is 1. The number of amides is 1. The number of nitrogens with zero attached hydrogens (tertiary/aromatic N) is 2. The van der Waals surface area contributed by atoms with Crippen molar-refractivity contribution in [2.75, 3.05) is 13.6 Å². The fourth-order valence-electron chi connectivity index (χ4n) is 1.67. The van der Waals surface area contributed by atoms with E-state index in [4.69, 9.17) is 5.26 Å². The van der Waals surface area contributed by atoms with Crippen LogP contribution < -0.4 is 5.32 Å². The second-order valence-electron chi connectivity index (χ2n) is 3.77. The number of carbonyl (C=O) groups is 1. The third-order valence-corrected chi connectivity index (χ3v) is 2.80. The van der Waals surface area contributed by atoms with Crippen LogP contribution in [0.3, 0.4) is 0 Å². The van der Waals surface area contributed by atoms with Crippen molar-refractivity contribution >= 4 is 5.91 Å². The Kier molecular flexibility index (Phi) is 3.90. The molecule has 0 bridgehead atoms. The number of hydrogen-bond acceptors (Lipinski definition) is 3. The van der Waals surface area contributed by atoms with Crippen molar-refractivity contribution < 1.29 is 4.79 Å². The molecule has 0 aromatic rings. The SMILES string of the molecule is CC(C#N)N(C)C1CCCCNC1=O. The highest BCUT2D eigenvalue weighted by Gasteiger charge is 2.27. The minimum atomic E-state index is -0.205. The Hall–Kier alpha value is -1.08. The summed E-state index contributed by atoms with van der Waals surface area (Å²) in [7, 11) is 1.84. The van der Waals surface area contributed by atoms with Gasteiger partial charge in [0.1, 0.15) is 0 Å². The van der Waals surface area contributed by atoms with E-state index in [9.17, 15) is 4.79 Å². The van der Waals surface area contributed by atoms with Crippen LogP contribution in [0.4, 0.5) is 0 Å². The second kappa shape index (κ2) is 4.97. The molecule has 78 valence electrons. The quantitative estimate of drug-likeness (QED) is 0.698. The summed E-state index contributed by atoms with van der Waals surface area (Å²) in [6.45, 7) is 2.59. The van der Waals surface area contributed by atoms with Gasteiger partial charge in [-0.25, -0.2) is 0 Å². The van der Waals surface area contributed by atoms with Crippen molar-refractivity contribution in [2.45, 2.75) is 38.3 Å².